The zero-order chi connectivity index (χ0) is 9.26. The van der Waals surface area contributed by atoms with E-state index in [2.05, 4.69) is 29.0 Å². The number of rotatable bonds is 1. The minimum Gasteiger partial charge on any atom is -0.256 e. The van der Waals surface area contributed by atoms with Crippen molar-refractivity contribution in [2.75, 3.05) is 0 Å². The van der Waals surface area contributed by atoms with Gasteiger partial charge in [-0.2, -0.15) is 0 Å². The predicted molar refractivity (Wildman–Crippen MR) is 53.7 cm³/mol. The number of hydrogen-bond donors (Lipinski definition) is 0. The van der Waals surface area contributed by atoms with E-state index in [9.17, 15) is 0 Å². The number of aryl methyl sites for hydroxylation is 2. The minimum absolute atomic E-state index is 0.978. The van der Waals surface area contributed by atoms with E-state index in [1.807, 2.05) is 19.2 Å². The summed E-state index contributed by atoms with van der Waals surface area (Å²) in [5.74, 6) is 0. The molecule has 13 heavy (non-hydrogen) atoms. The van der Waals surface area contributed by atoms with Crippen LogP contribution in [0.15, 0.2) is 24.4 Å². The van der Waals surface area contributed by atoms with Gasteiger partial charge in [0.1, 0.15) is 0 Å². The molecule has 2 heteroatoms. The third-order valence-corrected chi connectivity index (χ3v) is 2.18. The molecule has 0 aliphatic rings. The monoisotopic (exact) mass is 172 g/mol. The van der Waals surface area contributed by atoms with Crippen molar-refractivity contribution < 1.29 is 0 Å². The topological polar surface area (TPSA) is 25.8 Å². The van der Waals surface area contributed by atoms with Gasteiger partial charge >= 0.3 is 0 Å². The van der Waals surface area contributed by atoms with E-state index in [1.54, 1.807) is 0 Å². The molecule has 2 aromatic rings. The van der Waals surface area contributed by atoms with Crippen LogP contribution in [0.5, 0.6) is 0 Å². The summed E-state index contributed by atoms with van der Waals surface area (Å²) < 4.78 is 0. The normalized spacial score (nSPS) is 10.6. The van der Waals surface area contributed by atoms with Gasteiger partial charge in [0.2, 0.25) is 0 Å². The number of fused-ring (bicyclic) bond motifs is 1. The van der Waals surface area contributed by atoms with Gasteiger partial charge in [0.05, 0.1) is 11.2 Å². The van der Waals surface area contributed by atoms with E-state index < -0.39 is 0 Å². The maximum absolute atomic E-state index is 4.46. The van der Waals surface area contributed by atoms with Crippen LogP contribution >= 0.6 is 0 Å². The Bertz CT molecular complexity index is 435. The molecule has 0 radical (unpaired) electrons. The van der Waals surface area contributed by atoms with Crippen LogP contribution in [0.2, 0.25) is 0 Å². The quantitative estimate of drug-likeness (QED) is 0.660. The highest BCUT2D eigenvalue weighted by Crippen LogP contribution is 2.15. The van der Waals surface area contributed by atoms with E-state index >= 15 is 0 Å². The summed E-state index contributed by atoms with van der Waals surface area (Å²) in [7, 11) is 0. The SMILES string of the molecule is CCc1cc2cccnc2c(C)n1. The van der Waals surface area contributed by atoms with Crippen LogP contribution in [0.3, 0.4) is 0 Å². The molecule has 0 aliphatic heterocycles. The highest BCUT2D eigenvalue weighted by Gasteiger charge is 2.00. The van der Waals surface area contributed by atoms with Crippen LogP contribution in [-0.2, 0) is 6.42 Å². The molecule has 2 nitrogen and oxygen atoms in total. The molecule has 0 saturated carbocycles. The first-order valence-corrected chi connectivity index (χ1v) is 4.52. The lowest BCUT2D eigenvalue weighted by Crippen LogP contribution is -1.92. The van der Waals surface area contributed by atoms with E-state index in [0.717, 1.165) is 23.3 Å². The molecule has 0 saturated heterocycles. The van der Waals surface area contributed by atoms with Crippen LogP contribution in [-0.4, -0.2) is 9.97 Å². The molecule has 0 spiro atoms. The summed E-state index contributed by atoms with van der Waals surface area (Å²) in [6, 6.07) is 6.15. The summed E-state index contributed by atoms with van der Waals surface area (Å²) in [5, 5.41) is 1.19. The Kier molecular flexibility index (Phi) is 1.97. The van der Waals surface area contributed by atoms with Gasteiger partial charge in [-0.1, -0.05) is 13.0 Å². The van der Waals surface area contributed by atoms with Crippen molar-refractivity contribution in [3.05, 3.63) is 35.8 Å². The third-order valence-electron chi connectivity index (χ3n) is 2.18. The maximum atomic E-state index is 4.46. The molecule has 66 valence electrons. The number of nitrogens with zero attached hydrogens (tertiary/aromatic N) is 2. The van der Waals surface area contributed by atoms with E-state index in [0.29, 0.717) is 0 Å². The van der Waals surface area contributed by atoms with Gasteiger partial charge < -0.3 is 0 Å². The smallest absolute Gasteiger partial charge is 0.0914 e. The van der Waals surface area contributed by atoms with Crippen molar-refractivity contribution >= 4 is 10.9 Å². The number of pyridine rings is 2. The Morgan fingerprint density at radius 1 is 1.38 bits per heavy atom. The highest BCUT2D eigenvalue weighted by atomic mass is 14.8. The largest absolute Gasteiger partial charge is 0.256 e. The zero-order valence-electron chi connectivity index (χ0n) is 7.91. The van der Waals surface area contributed by atoms with Crippen LogP contribution in [0.1, 0.15) is 18.3 Å². The fourth-order valence-electron chi connectivity index (χ4n) is 1.50. The maximum Gasteiger partial charge on any atom is 0.0914 e. The number of aromatic nitrogens is 2. The lowest BCUT2D eigenvalue weighted by Gasteiger charge is -2.02. The first-order valence-electron chi connectivity index (χ1n) is 4.52. The van der Waals surface area contributed by atoms with Gasteiger partial charge in [-0.05, 0) is 25.5 Å². The Hall–Kier alpha value is -1.44. The van der Waals surface area contributed by atoms with Crippen molar-refractivity contribution in [3.63, 3.8) is 0 Å². The summed E-state index contributed by atoms with van der Waals surface area (Å²) >= 11 is 0. The molecule has 0 fully saturated rings. The van der Waals surface area contributed by atoms with Gasteiger partial charge in [-0.25, -0.2) is 0 Å². The fourth-order valence-corrected chi connectivity index (χ4v) is 1.50. The molecule has 0 atom stereocenters. The lowest BCUT2D eigenvalue weighted by atomic mass is 10.1. The Balaban J connectivity index is 2.77. The Morgan fingerprint density at radius 3 is 3.00 bits per heavy atom. The minimum atomic E-state index is 0.978. The van der Waals surface area contributed by atoms with E-state index in [1.165, 1.54) is 5.39 Å². The summed E-state index contributed by atoms with van der Waals surface area (Å²) in [4.78, 5) is 8.75. The van der Waals surface area contributed by atoms with Crippen molar-refractivity contribution in [2.24, 2.45) is 0 Å². The molecule has 0 amide bonds. The van der Waals surface area contributed by atoms with Gasteiger partial charge in [0.25, 0.3) is 0 Å². The molecular formula is C11H12N2. The van der Waals surface area contributed by atoms with E-state index in [-0.39, 0.29) is 0 Å². The van der Waals surface area contributed by atoms with Gasteiger partial charge in [0, 0.05) is 17.3 Å². The molecule has 0 unspecified atom stereocenters. The first-order chi connectivity index (χ1) is 6.31. The standard InChI is InChI=1S/C11H12N2/c1-3-10-7-9-5-4-6-12-11(9)8(2)13-10/h4-7H,3H2,1-2H3. The number of hydrogen-bond acceptors (Lipinski definition) is 2. The van der Waals surface area contributed by atoms with Gasteiger partial charge in [-0.3, -0.25) is 9.97 Å². The first kappa shape index (κ1) is 8.17. The molecule has 0 aromatic carbocycles. The molecular weight excluding hydrogens is 160 g/mol. The predicted octanol–water partition coefficient (Wildman–Crippen LogP) is 2.50. The van der Waals surface area contributed by atoms with E-state index in [4.69, 9.17) is 0 Å². The molecule has 0 bridgehead atoms. The van der Waals surface area contributed by atoms with Crippen LogP contribution in [0.4, 0.5) is 0 Å². The summed E-state index contributed by atoms with van der Waals surface area (Å²) in [6.07, 6.45) is 2.79. The highest BCUT2D eigenvalue weighted by molar-refractivity contribution is 5.80. The van der Waals surface area contributed by atoms with Crippen LogP contribution in [0.25, 0.3) is 10.9 Å². The Labute approximate surface area is 77.6 Å². The van der Waals surface area contributed by atoms with Crippen molar-refractivity contribution in [3.8, 4) is 0 Å². The van der Waals surface area contributed by atoms with Crippen LogP contribution in [0, 0.1) is 6.92 Å². The average Bonchev–Trinajstić information content (AvgIpc) is 2.18. The molecule has 2 rings (SSSR count). The zero-order valence-corrected chi connectivity index (χ0v) is 7.91. The second kappa shape index (κ2) is 3.13. The summed E-state index contributed by atoms with van der Waals surface area (Å²) in [6.45, 7) is 4.12. The molecule has 2 aromatic heterocycles. The third kappa shape index (κ3) is 1.39. The molecule has 0 N–H and O–H groups in total. The summed E-state index contributed by atoms with van der Waals surface area (Å²) in [5.41, 5.74) is 3.17. The van der Waals surface area contributed by atoms with Crippen LogP contribution < -0.4 is 0 Å². The van der Waals surface area contributed by atoms with Crippen molar-refractivity contribution in [2.45, 2.75) is 20.3 Å². The van der Waals surface area contributed by atoms with Gasteiger partial charge in [-0.15, -0.1) is 0 Å². The fraction of sp³-hybridized carbons (Fsp3) is 0.273. The second-order valence-corrected chi connectivity index (χ2v) is 3.13. The Morgan fingerprint density at radius 2 is 2.23 bits per heavy atom. The molecule has 2 heterocycles. The lowest BCUT2D eigenvalue weighted by molar-refractivity contribution is 1.01. The second-order valence-electron chi connectivity index (χ2n) is 3.13. The van der Waals surface area contributed by atoms with Crippen molar-refractivity contribution in [1.82, 2.24) is 9.97 Å². The molecule has 0 aliphatic carbocycles. The van der Waals surface area contributed by atoms with Crippen molar-refractivity contribution in [1.29, 1.82) is 0 Å². The average molecular weight is 172 g/mol. The van der Waals surface area contributed by atoms with Gasteiger partial charge in [0.15, 0.2) is 0 Å².